The molecule has 2 N–H and O–H groups in total. The second kappa shape index (κ2) is 4.72. The summed E-state index contributed by atoms with van der Waals surface area (Å²) in [4.78, 5) is 3.97. The predicted octanol–water partition coefficient (Wildman–Crippen LogP) is 1.12. The molecule has 1 heterocycles. The summed E-state index contributed by atoms with van der Waals surface area (Å²) in [5.41, 5.74) is 6.45. The molecule has 3 heteroatoms. The second-order valence-electron chi connectivity index (χ2n) is 2.63. The van der Waals surface area contributed by atoms with Crippen molar-refractivity contribution in [2.24, 2.45) is 5.73 Å². The average molecular weight is 166 g/mol. The summed E-state index contributed by atoms with van der Waals surface area (Å²) in [5.74, 6) is 0.853. The summed E-state index contributed by atoms with van der Waals surface area (Å²) in [6, 6.07) is 1.93. The molecule has 0 bridgehead atoms. The first-order valence-corrected chi connectivity index (χ1v) is 4.08. The SMILES string of the molecule is Cc1ccncc1OCCCN. The van der Waals surface area contributed by atoms with Gasteiger partial charge in [0, 0.05) is 6.20 Å². The molecular weight excluding hydrogens is 152 g/mol. The molecule has 0 aliphatic heterocycles. The molecular formula is C9H14N2O. The van der Waals surface area contributed by atoms with Crippen molar-refractivity contribution >= 4 is 0 Å². The molecule has 0 radical (unpaired) electrons. The van der Waals surface area contributed by atoms with Crippen LogP contribution in [0.25, 0.3) is 0 Å². The summed E-state index contributed by atoms with van der Waals surface area (Å²) in [6.45, 7) is 3.34. The third kappa shape index (κ3) is 2.51. The van der Waals surface area contributed by atoms with E-state index in [1.165, 1.54) is 0 Å². The van der Waals surface area contributed by atoms with Crippen LogP contribution in [-0.2, 0) is 0 Å². The van der Waals surface area contributed by atoms with E-state index in [1.807, 2.05) is 13.0 Å². The number of nitrogens with zero attached hydrogens (tertiary/aromatic N) is 1. The first-order valence-electron chi connectivity index (χ1n) is 4.08. The maximum atomic E-state index is 5.43. The zero-order valence-electron chi connectivity index (χ0n) is 7.29. The van der Waals surface area contributed by atoms with E-state index < -0.39 is 0 Å². The molecule has 0 spiro atoms. The van der Waals surface area contributed by atoms with Gasteiger partial charge in [0.05, 0.1) is 12.8 Å². The monoisotopic (exact) mass is 166 g/mol. The van der Waals surface area contributed by atoms with Gasteiger partial charge in [-0.1, -0.05) is 0 Å². The fraction of sp³-hybridized carbons (Fsp3) is 0.444. The Morgan fingerprint density at radius 2 is 2.42 bits per heavy atom. The predicted molar refractivity (Wildman–Crippen MR) is 48.1 cm³/mol. The van der Waals surface area contributed by atoms with Gasteiger partial charge >= 0.3 is 0 Å². The van der Waals surface area contributed by atoms with Gasteiger partial charge in [-0.25, -0.2) is 0 Å². The second-order valence-corrected chi connectivity index (χ2v) is 2.63. The summed E-state index contributed by atoms with van der Waals surface area (Å²) in [7, 11) is 0. The van der Waals surface area contributed by atoms with Crippen LogP contribution in [0.3, 0.4) is 0 Å². The highest BCUT2D eigenvalue weighted by molar-refractivity contribution is 5.27. The number of hydrogen-bond donors (Lipinski definition) is 1. The van der Waals surface area contributed by atoms with E-state index >= 15 is 0 Å². The van der Waals surface area contributed by atoms with Crippen molar-refractivity contribution in [1.82, 2.24) is 4.98 Å². The highest BCUT2D eigenvalue weighted by Crippen LogP contribution is 2.14. The first kappa shape index (κ1) is 9.00. The number of aromatic nitrogens is 1. The molecule has 1 aromatic heterocycles. The molecule has 0 saturated carbocycles. The van der Waals surface area contributed by atoms with Gasteiger partial charge in [0.25, 0.3) is 0 Å². The van der Waals surface area contributed by atoms with E-state index in [4.69, 9.17) is 10.5 Å². The Hall–Kier alpha value is -1.09. The van der Waals surface area contributed by atoms with Gasteiger partial charge in [-0.2, -0.15) is 0 Å². The minimum Gasteiger partial charge on any atom is -0.492 e. The Kier molecular flexibility index (Phi) is 3.54. The van der Waals surface area contributed by atoms with E-state index in [0.717, 1.165) is 17.7 Å². The average Bonchev–Trinajstić information content (AvgIpc) is 2.09. The Morgan fingerprint density at radius 1 is 1.58 bits per heavy atom. The molecule has 0 aliphatic rings. The maximum Gasteiger partial charge on any atom is 0.140 e. The highest BCUT2D eigenvalue weighted by Gasteiger charge is 1.96. The molecule has 1 aromatic rings. The van der Waals surface area contributed by atoms with Crippen LogP contribution in [0, 0.1) is 6.92 Å². The molecule has 0 fully saturated rings. The van der Waals surface area contributed by atoms with Crippen molar-refractivity contribution in [3.63, 3.8) is 0 Å². The molecule has 0 atom stereocenters. The molecule has 0 aromatic carbocycles. The molecule has 0 amide bonds. The van der Waals surface area contributed by atoms with Gasteiger partial charge in [0.2, 0.25) is 0 Å². The molecule has 12 heavy (non-hydrogen) atoms. The zero-order chi connectivity index (χ0) is 8.81. The van der Waals surface area contributed by atoms with Crippen LogP contribution in [0.4, 0.5) is 0 Å². The van der Waals surface area contributed by atoms with Crippen molar-refractivity contribution in [3.05, 3.63) is 24.0 Å². The fourth-order valence-corrected chi connectivity index (χ4v) is 0.866. The summed E-state index contributed by atoms with van der Waals surface area (Å²) >= 11 is 0. The third-order valence-corrected chi connectivity index (χ3v) is 1.60. The lowest BCUT2D eigenvalue weighted by atomic mass is 10.3. The van der Waals surface area contributed by atoms with Gasteiger partial charge in [0.15, 0.2) is 0 Å². The number of hydrogen-bond acceptors (Lipinski definition) is 3. The summed E-state index contributed by atoms with van der Waals surface area (Å²) < 4.78 is 5.43. The Labute approximate surface area is 72.6 Å². The fourth-order valence-electron chi connectivity index (χ4n) is 0.866. The van der Waals surface area contributed by atoms with Gasteiger partial charge < -0.3 is 10.5 Å². The Balaban J connectivity index is 2.46. The Bertz CT molecular complexity index is 238. The number of rotatable bonds is 4. The van der Waals surface area contributed by atoms with Crippen LogP contribution in [0.1, 0.15) is 12.0 Å². The van der Waals surface area contributed by atoms with Crippen molar-refractivity contribution in [3.8, 4) is 5.75 Å². The first-order chi connectivity index (χ1) is 5.84. The van der Waals surface area contributed by atoms with Gasteiger partial charge in [-0.05, 0) is 31.5 Å². The maximum absolute atomic E-state index is 5.43. The van der Waals surface area contributed by atoms with E-state index in [-0.39, 0.29) is 0 Å². The topological polar surface area (TPSA) is 48.1 Å². The smallest absolute Gasteiger partial charge is 0.140 e. The molecule has 0 aliphatic carbocycles. The molecule has 0 saturated heterocycles. The van der Waals surface area contributed by atoms with Crippen molar-refractivity contribution in [2.45, 2.75) is 13.3 Å². The number of nitrogens with two attached hydrogens (primary N) is 1. The van der Waals surface area contributed by atoms with Gasteiger partial charge in [-0.15, -0.1) is 0 Å². The standard InChI is InChI=1S/C9H14N2O/c1-8-3-5-11-7-9(8)12-6-2-4-10/h3,5,7H,2,4,6,10H2,1H3. The molecule has 66 valence electrons. The lowest BCUT2D eigenvalue weighted by molar-refractivity contribution is 0.310. The Morgan fingerprint density at radius 3 is 3.08 bits per heavy atom. The van der Waals surface area contributed by atoms with Crippen molar-refractivity contribution in [2.75, 3.05) is 13.2 Å². The largest absolute Gasteiger partial charge is 0.492 e. The van der Waals surface area contributed by atoms with Crippen LogP contribution >= 0.6 is 0 Å². The highest BCUT2D eigenvalue weighted by atomic mass is 16.5. The van der Waals surface area contributed by atoms with Crippen LogP contribution in [0.2, 0.25) is 0 Å². The normalized spacial score (nSPS) is 9.83. The van der Waals surface area contributed by atoms with E-state index in [2.05, 4.69) is 4.98 Å². The molecule has 0 unspecified atom stereocenters. The molecule has 1 rings (SSSR count). The lowest BCUT2D eigenvalue weighted by Gasteiger charge is -2.06. The summed E-state index contributed by atoms with van der Waals surface area (Å²) in [5, 5.41) is 0. The van der Waals surface area contributed by atoms with Gasteiger partial charge in [-0.3, -0.25) is 4.98 Å². The molecule has 3 nitrogen and oxygen atoms in total. The number of pyridine rings is 1. The quantitative estimate of drug-likeness (QED) is 0.682. The minimum absolute atomic E-state index is 0.666. The number of ether oxygens (including phenoxy) is 1. The van der Waals surface area contributed by atoms with E-state index in [0.29, 0.717) is 13.2 Å². The number of aryl methyl sites for hydroxylation is 1. The lowest BCUT2D eigenvalue weighted by Crippen LogP contribution is -2.06. The van der Waals surface area contributed by atoms with Crippen molar-refractivity contribution < 1.29 is 4.74 Å². The third-order valence-electron chi connectivity index (χ3n) is 1.60. The summed E-state index contributed by atoms with van der Waals surface area (Å²) in [6.07, 6.45) is 4.37. The minimum atomic E-state index is 0.666. The van der Waals surface area contributed by atoms with E-state index in [9.17, 15) is 0 Å². The van der Waals surface area contributed by atoms with Crippen LogP contribution in [0.5, 0.6) is 5.75 Å². The van der Waals surface area contributed by atoms with Gasteiger partial charge in [0.1, 0.15) is 5.75 Å². The van der Waals surface area contributed by atoms with E-state index in [1.54, 1.807) is 12.4 Å². The van der Waals surface area contributed by atoms with Crippen LogP contribution in [-0.4, -0.2) is 18.1 Å². The van der Waals surface area contributed by atoms with Crippen LogP contribution in [0.15, 0.2) is 18.5 Å². The zero-order valence-corrected chi connectivity index (χ0v) is 7.29. The van der Waals surface area contributed by atoms with Crippen molar-refractivity contribution in [1.29, 1.82) is 0 Å². The van der Waals surface area contributed by atoms with Crippen LogP contribution < -0.4 is 10.5 Å².